The van der Waals surface area contributed by atoms with Gasteiger partial charge in [-0.3, -0.25) is 9.69 Å². The highest BCUT2D eigenvalue weighted by atomic mass is 16.6. The molecule has 2 amide bonds. The van der Waals surface area contributed by atoms with Crippen molar-refractivity contribution in [2.75, 3.05) is 6.61 Å². The number of carboxylic acid groups (broad SMARTS) is 1. The molecule has 0 aromatic heterocycles. The van der Waals surface area contributed by atoms with Crippen molar-refractivity contribution in [3.05, 3.63) is 95.6 Å². The van der Waals surface area contributed by atoms with Crippen LogP contribution in [0.1, 0.15) is 43.4 Å². The number of carbonyl (C=O) groups is 3. The molecule has 3 aromatic carbocycles. The summed E-state index contributed by atoms with van der Waals surface area (Å²) in [7, 11) is 0. The van der Waals surface area contributed by atoms with E-state index in [2.05, 4.69) is 17.4 Å². The van der Waals surface area contributed by atoms with Crippen LogP contribution in [-0.2, 0) is 25.5 Å². The Balaban J connectivity index is 1.36. The van der Waals surface area contributed by atoms with Gasteiger partial charge in [-0.1, -0.05) is 78.9 Å². The predicted molar refractivity (Wildman–Crippen MR) is 145 cm³/mol. The van der Waals surface area contributed by atoms with Crippen molar-refractivity contribution in [1.82, 2.24) is 10.2 Å². The van der Waals surface area contributed by atoms with Crippen LogP contribution in [0.4, 0.5) is 4.79 Å². The Bertz CT molecular complexity index is 1340. The second-order valence-corrected chi connectivity index (χ2v) is 10.5. The normalized spacial score (nSPS) is 20.1. The summed E-state index contributed by atoms with van der Waals surface area (Å²) in [6, 6.07) is 23.1. The van der Waals surface area contributed by atoms with Crippen molar-refractivity contribution in [1.29, 1.82) is 0 Å². The van der Waals surface area contributed by atoms with Gasteiger partial charge in [0.25, 0.3) is 0 Å². The summed E-state index contributed by atoms with van der Waals surface area (Å²) < 4.78 is 11.5. The van der Waals surface area contributed by atoms with E-state index in [4.69, 9.17) is 9.47 Å². The number of carboxylic acids is 1. The van der Waals surface area contributed by atoms with E-state index in [1.807, 2.05) is 66.7 Å². The summed E-state index contributed by atoms with van der Waals surface area (Å²) in [5.41, 5.74) is 4.04. The van der Waals surface area contributed by atoms with Crippen molar-refractivity contribution in [3.8, 4) is 11.1 Å². The molecule has 1 saturated heterocycles. The first kappa shape index (κ1) is 26.4. The summed E-state index contributed by atoms with van der Waals surface area (Å²) in [5, 5.41) is 12.6. The molecule has 0 spiro atoms. The average Bonchev–Trinajstić information content (AvgIpc) is 3.36. The maximum Gasteiger partial charge on any atom is 0.407 e. The zero-order valence-corrected chi connectivity index (χ0v) is 22.2. The number of alkyl carbamates (subject to hydrolysis) is 1. The van der Waals surface area contributed by atoms with Crippen LogP contribution in [0.5, 0.6) is 0 Å². The Hall–Kier alpha value is -4.17. The number of nitrogens with one attached hydrogen (secondary N) is 1. The quantitative estimate of drug-likeness (QED) is 0.465. The van der Waals surface area contributed by atoms with Crippen LogP contribution in [0.15, 0.2) is 78.9 Å². The molecule has 2 N–H and O–H groups in total. The molecule has 3 unspecified atom stereocenters. The molecule has 0 radical (unpaired) electrons. The van der Waals surface area contributed by atoms with Crippen LogP contribution in [0.2, 0.25) is 0 Å². The monoisotopic (exact) mass is 528 g/mol. The Morgan fingerprint density at radius 3 is 2.10 bits per heavy atom. The van der Waals surface area contributed by atoms with Gasteiger partial charge in [-0.25, -0.2) is 9.59 Å². The third kappa shape index (κ3) is 5.12. The summed E-state index contributed by atoms with van der Waals surface area (Å²) in [5.74, 6) is -1.84. The Labute approximate surface area is 227 Å². The molecule has 8 heteroatoms. The van der Waals surface area contributed by atoms with Gasteiger partial charge >= 0.3 is 12.1 Å². The second-order valence-electron chi connectivity index (χ2n) is 10.5. The van der Waals surface area contributed by atoms with E-state index < -0.39 is 41.9 Å². The molecule has 2 aliphatic rings. The fraction of sp³-hybridized carbons (Fsp3) is 0.323. The van der Waals surface area contributed by atoms with Gasteiger partial charge < -0.3 is 19.9 Å². The van der Waals surface area contributed by atoms with Crippen LogP contribution >= 0.6 is 0 Å². The SMILES string of the molecule is CC1OC(C)(C)N(C(=O)C(Cc2ccccc2)NC(=O)OCC2c3ccccc3-c3ccccc32)C1C(=O)O. The van der Waals surface area contributed by atoms with E-state index in [-0.39, 0.29) is 18.9 Å². The highest BCUT2D eigenvalue weighted by Gasteiger charge is 2.53. The molecule has 0 saturated carbocycles. The highest BCUT2D eigenvalue weighted by molar-refractivity contribution is 5.91. The maximum absolute atomic E-state index is 13.9. The molecule has 8 nitrogen and oxygen atoms in total. The molecule has 1 fully saturated rings. The van der Waals surface area contributed by atoms with Gasteiger partial charge in [-0.2, -0.15) is 0 Å². The maximum atomic E-state index is 13.9. The molecule has 5 rings (SSSR count). The lowest BCUT2D eigenvalue weighted by Crippen LogP contribution is -2.58. The van der Waals surface area contributed by atoms with E-state index in [0.29, 0.717) is 0 Å². The Morgan fingerprint density at radius 1 is 0.949 bits per heavy atom. The van der Waals surface area contributed by atoms with Crippen molar-refractivity contribution >= 4 is 18.0 Å². The van der Waals surface area contributed by atoms with E-state index in [0.717, 1.165) is 27.8 Å². The lowest BCUT2D eigenvalue weighted by Gasteiger charge is -2.35. The van der Waals surface area contributed by atoms with Gasteiger partial charge in [-0.05, 0) is 48.6 Å². The van der Waals surface area contributed by atoms with E-state index in [9.17, 15) is 19.5 Å². The van der Waals surface area contributed by atoms with E-state index in [1.165, 1.54) is 4.90 Å². The van der Waals surface area contributed by atoms with E-state index in [1.54, 1.807) is 20.8 Å². The molecule has 0 bridgehead atoms. The number of benzene rings is 3. The number of carbonyl (C=O) groups excluding carboxylic acids is 2. The fourth-order valence-corrected chi connectivity index (χ4v) is 5.83. The first-order chi connectivity index (χ1) is 18.7. The largest absolute Gasteiger partial charge is 0.480 e. The second kappa shape index (κ2) is 10.5. The molecule has 3 aromatic rings. The van der Waals surface area contributed by atoms with Gasteiger partial charge in [0, 0.05) is 12.3 Å². The number of hydrogen-bond donors (Lipinski definition) is 2. The lowest BCUT2D eigenvalue weighted by atomic mass is 9.98. The van der Waals surface area contributed by atoms with Gasteiger partial charge in [0.05, 0.1) is 6.10 Å². The fourth-order valence-electron chi connectivity index (χ4n) is 5.83. The van der Waals surface area contributed by atoms with Crippen LogP contribution in [0.25, 0.3) is 11.1 Å². The minimum absolute atomic E-state index is 0.0964. The number of fused-ring (bicyclic) bond motifs is 3. The lowest BCUT2D eigenvalue weighted by molar-refractivity contribution is -0.156. The smallest absolute Gasteiger partial charge is 0.407 e. The van der Waals surface area contributed by atoms with Crippen LogP contribution in [0.3, 0.4) is 0 Å². The first-order valence-corrected chi connectivity index (χ1v) is 13.1. The van der Waals surface area contributed by atoms with Crippen LogP contribution in [0, 0.1) is 0 Å². The molecule has 202 valence electrons. The number of ether oxygens (including phenoxy) is 2. The first-order valence-electron chi connectivity index (χ1n) is 13.1. The molecule has 1 heterocycles. The van der Waals surface area contributed by atoms with Gasteiger partial charge in [-0.15, -0.1) is 0 Å². The number of amides is 2. The zero-order valence-electron chi connectivity index (χ0n) is 22.2. The molecule has 3 atom stereocenters. The van der Waals surface area contributed by atoms with Crippen molar-refractivity contribution < 1.29 is 29.0 Å². The van der Waals surface area contributed by atoms with Gasteiger partial charge in [0.1, 0.15) is 18.4 Å². The number of aliphatic carboxylic acids is 1. The summed E-state index contributed by atoms with van der Waals surface area (Å²) >= 11 is 0. The molecule has 1 aliphatic carbocycles. The number of rotatable bonds is 7. The minimum Gasteiger partial charge on any atom is -0.480 e. The Morgan fingerprint density at radius 2 is 1.51 bits per heavy atom. The summed E-state index contributed by atoms with van der Waals surface area (Å²) in [6.45, 7) is 5.02. The van der Waals surface area contributed by atoms with Gasteiger partial charge in [0.15, 0.2) is 6.04 Å². The molecular weight excluding hydrogens is 496 g/mol. The topological polar surface area (TPSA) is 105 Å². The molecule has 39 heavy (non-hydrogen) atoms. The van der Waals surface area contributed by atoms with Crippen LogP contribution < -0.4 is 5.32 Å². The third-order valence-electron chi connectivity index (χ3n) is 7.48. The summed E-state index contributed by atoms with van der Waals surface area (Å²) in [4.78, 5) is 40.3. The molecule has 1 aliphatic heterocycles. The van der Waals surface area contributed by atoms with Crippen LogP contribution in [-0.4, -0.2) is 58.5 Å². The van der Waals surface area contributed by atoms with Gasteiger partial charge in [0.2, 0.25) is 5.91 Å². The van der Waals surface area contributed by atoms with Crippen molar-refractivity contribution in [2.45, 2.75) is 57.0 Å². The zero-order chi connectivity index (χ0) is 27.7. The number of hydrogen-bond acceptors (Lipinski definition) is 5. The van der Waals surface area contributed by atoms with Crippen molar-refractivity contribution in [2.24, 2.45) is 0 Å². The minimum atomic E-state index is -1.19. The highest BCUT2D eigenvalue weighted by Crippen LogP contribution is 2.44. The van der Waals surface area contributed by atoms with Crippen molar-refractivity contribution in [3.63, 3.8) is 0 Å². The predicted octanol–water partition coefficient (Wildman–Crippen LogP) is 4.57. The Kier molecular flexibility index (Phi) is 7.14. The third-order valence-corrected chi connectivity index (χ3v) is 7.48. The molecular formula is C31H32N2O6. The average molecular weight is 529 g/mol. The van der Waals surface area contributed by atoms with E-state index >= 15 is 0 Å². The number of nitrogens with zero attached hydrogens (tertiary/aromatic N) is 1. The standard InChI is InChI=1S/C31H32N2O6/c1-19-27(29(35)36)33(31(2,3)39-19)28(34)26(17-20-11-5-4-6-12-20)32-30(37)38-18-25-23-15-9-7-13-21(23)22-14-8-10-16-24(22)25/h4-16,19,25-27H,17-18H2,1-3H3,(H,32,37)(H,35,36). The summed E-state index contributed by atoms with van der Waals surface area (Å²) in [6.07, 6.45) is -1.30.